The summed E-state index contributed by atoms with van der Waals surface area (Å²) in [6.07, 6.45) is 3.53. The number of fused-ring (bicyclic) bond motifs is 1. The topological polar surface area (TPSA) is 36.0 Å². The lowest BCUT2D eigenvalue weighted by atomic mass is 10.2. The summed E-state index contributed by atoms with van der Waals surface area (Å²) >= 11 is 0. The zero-order valence-corrected chi connectivity index (χ0v) is 7.20. The summed E-state index contributed by atoms with van der Waals surface area (Å²) < 4.78 is 0. The highest BCUT2D eigenvalue weighted by Crippen LogP contribution is 2.14. The first kappa shape index (κ1) is 7.92. The maximum Gasteiger partial charge on any atom is 0.0755 e. The van der Waals surface area contributed by atoms with E-state index in [9.17, 15) is 0 Å². The minimum atomic E-state index is 0.741. The number of nitrogens with one attached hydrogen (secondary N) is 1. The first-order valence-corrected chi connectivity index (χ1v) is 4.26. The number of allylic oxidation sites excluding steroid dienone is 1. The monoisotopic (exact) mass is 173 g/mol. The number of aromatic amines is 1. The van der Waals surface area contributed by atoms with Crippen LogP contribution >= 0.6 is 0 Å². The molecule has 0 amide bonds. The molecule has 0 unspecified atom stereocenters. The fourth-order valence-electron chi connectivity index (χ4n) is 1.42. The van der Waals surface area contributed by atoms with Gasteiger partial charge < -0.3 is 10.1 Å². The Bertz CT molecular complexity index is 395. The molecule has 2 rings (SSSR count). The molecule has 2 nitrogen and oxygen atoms in total. The van der Waals surface area contributed by atoms with Gasteiger partial charge in [-0.1, -0.05) is 18.2 Å². The number of rotatable bonds is 2. The molecule has 0 spiro atoms. The zero-order valence-electron chi connectivity index (χ0n) is 7.20. The van der Waals surface area contributed by atoms with E-state index in [0.717, 1.165) is 23.9 Å². The highest BCUT2D eigenvalue weighted by molar-refractivity contribution is 5.80. The van der Waals surface area contributed by atoms with Crippen molar-refractivity contribution in [1.29, 1.82) is 0 Å². The molecule has 0 atom stereocenters. The molecule has 0 bridgehead atoms. The molecule has 13 heavy (non-hydrogen) atoms. The van der Waals surface area contributed by atoms with Gasteiger partial charge in [0.1, 0.15) is 0 Å². The highest BCUT2D eigenvalue weighted by atomic mass is 16.2. The normalized spacial score (nSPS) is 11.4. The van der Waals surface area contributed by atoms with Crippen LogP contribution in [0.1, 0.15) is 5.69 Å². The Morgan fingerprint density at radius 2 is 2.15 bits per heavy atom. The number of aromatic nitrogens is 1. The van der Waals surface area contributed by atoms with Gasteiger partial charge in [-0.3, -0.25) is 0 Å². The first-order chi connectivity index (χ1) is 6.40. The predicted octanol–water partition coefficient (Wildman–Crippen LogP) is 2.78. The Morgan fingerprint density at radius 1 is 1.31 bits per heavy atom. The zero-order chi connectivity index (χ0) is 9.10. The van der Waals surface area contributed by atoms with Gasteiger partial charge in [0.2, 0.25) is 0 Å². The fraction of sp³-hybridized carbons (Fsp3) is 0.0909. The van der Waals surface area contributed by atoms with Gasteiger partial charge in [0.05, 0.1) is 6.26 Å². The van der Waals surface area contributed by atoms with E-state index in [2.05, 4.69) is 17.1 Å². The van der Waals surface area contributed by atoms with E-state index in [1.165, 1.54) is 5.39 Å². The maximum atomic E-state index is 8.51. The van der Waals surface area contributed by atoms with Gasteiger partial charge >= 0.3 is 0 Å². The van der Waals surface area contributed by atoms with Crippen LogP contribution in [0.4, 0.5) is 0 Å². The Kier molecular flexibility index (Phi) is 2.04. The molecule has 0 aliphatic carbocycles. The molecule has 2 N–H and O–H groups in total. The number of hydrogen-bond acceptors (Lipinski definition) is 1. The summed E-state index contributed by atoms with van der Waals surface area (Å²) in [5, 5.41) is 9.72. The van der Waals surface area contributed by atoms with Gasteiger partial charge in [0.15, 0.2) is 0 Å². The second-order valence-electron chi connectivity index (χ2n) is 2.97. The van der Waals surface area contributed by atoms with Crippen LogP contribution in [0.3, 0.4) is 0 Å². The number of hydrogen-bond donors (Lipinski definition) is 2. The number of para-hydroxylation sites is 1. The SMILES string of the molecule is OC=CCc1cc2ccccc2[nH]1. The maximum absolute atomic E-state index is 8.51. The lowest BCUT2D eigenvalue weighted by Crippen LogP contribution is -1.78. The third-order valence-electron chi connectivity index (χ3n) is 2.03. The second-order valence-corrected chi connectivity index (χ2v) is 2.97. The molecule has 1 aromatic carbocycles. The van der Waals surface area contributed by atoms with Crippen molar-refractivity contribution in [1.82, 2.24) is 4.98 Å². The van der Waals surface area contributed by atoms with E-state index in [1.807, 2.05) is 18.2 Å². The van der Waals surface area contributed by atoms with Crippen LogP contribution in [0.25, 0.3) is 10.9 Å². The minimum Gasteiger partial charge on any atom is -0.516 e. The van der Waals surface area contributed by atoms with E-state index in [4.69, 9.17) is 5.11 Å². The van der Waals surface area contributed by atoms with Crippen molar-refractivity contribution in [3.8, 4) is 0 Å². The van der Waals surface area contributed by atoms with E-state index in [1.54, 1.807) is 6.08 Å². The number of aliphatic hydroxyl groups is 1. The molecule has 0 aliphatic rings. The van der Waals surface area contributed by atoms with Gasteiger partial charge in [-0.05, 0) is 23.6 Å². The van der Waals surface area contributed by atoms with Crippen molar-refractivity contribution in [2.75, 3.05) is 0 Å². The van der Waals surface area contributed by atoms with E-state index in [0.29, 0.717) is 0 Å². The molecule has 0 saturated carbocycles. The molecule has 0 aliphatic heterocycles. The highest BCUT2D eigenvalue weighted by Gasteiger charge is 1.96. The summed E-state index contributed by atoms with van der Waals surface area (Å²) in [5.41, 5.74) is 2.26. The van der Waals surface area contributed by atoms with Crippen molar-refractivity contribution in [3.05, 3.63) is 48.4 Å². The Labute approximate surface area is 76.5 Å². The number of benzene rings is 1. The van der Waals surface area contributed by atoms with Crippen molar-refractivity contribution in [3.63, 3.8) is 0 Å². The Hall–Kier alpha value is -1.70. The third kappa shape index (κ3) is 1.56. The molecular formula is C11H11NO. The van der Waals surface area contributed by atoms with Crippen LogP contribution in [0, 0.1) is 0 Å². The van der Waals surface area contributed by atoms with E-state index >= 15 is 0 Å². The Balaban J connectivity index is 2.38. The van der Waals surface area contributed by atoms with Gasteiger partial charge in [0, 0.05) is 17.6 Å². The molecule has 1 heterocycles. The summed E-state index contributed by atoms with van der Waals surface area (Å²) in [4.78, 5) is 3.27. The summed E-state index contributed by atoms with van der Waals surface area (Å²) in [6, 6.07) is 10.2. The molecule has 0 saturated heterocycles. The van der Waals surface area contributed by atoms with E-state index < -0.39 is 0 Å². The molecule has 1 aromatic heterocycles. The molecule has 0 radical (unpaired) electrons. The van der Waals surface area contributed by atoms with Gasteiger partial charge in [-0.2, -0.15) is 0 Å². The van der Waals surface area contributed by atoms with Crippen molar-refractivity contribution < 1.29 is 5.11 Å². The molecule has 2 aromatic rings. The smallest absolute Gasteiger partial charge is 0.0755 e. The Morgan fingerprint density at radius 3 is 2.92 bits per heavy atom. The summed E-state index contributed by atoms with van der Waals surface area (Å²) in [5.74, 6) is 0. The molecule has 2 heteroatoms. The molecule has 66 valence electrons. The predicted molar refractivity (Wildman–Crippen MR) is 53.8 cm³/mol. The van der Waals surface area contributed by atoms with Crippen LogP contribution in [-0.4, -0.2) is 10.1 Å². The number of H-pyrrole nitrogens is 1. The summed E-state index contributed by atoms with van der Waals surface area (Å²) in [7, 11) is 0. The first-order valence-electron chi connectivity index (χ1n) is 4.26. The van der Waals surface area contributed by atoms with Gasteiger partial charge in [-0.15, -0.1) is 0 Å². The standard InChI is InChI=1S/C11H11NO/c13-7-3-5-10-8-9-4-1-2-6-11(9)12-10/h1-4,6-8,12-13H,5H2. The second kappa shape index (κ2) is 3.35. The van der Waals surface area contributed by atoms with Gasteiger partial charge in [0.25, 0.3) is 0 Å². The van der Waals surface area contributed by atoms with Crippen LogP contribution < -0.4 is 0 Å². The summed E-state index contributed by atoms with van der Waals surface area (Å²) in [6.45, 7) is 0. The lowest BCUT2D eigenvalue weighted by molar-refractivity contribution is 0.471. The van der Waals surface area contributed by atoms with Crippen LogP contribution in [0.2, 0.25) is 0 Å². The quantitative estimate of drug-likeness (QED) is 0.673. The molecular weight excluding hydrogens is 162 g/mol. The molecule has 0 fully saturated rings. The van der Waals surface area contributed by atoms with Crippen molar-refractivity contribution in [2.24, 2.45) is 0 Å². The van der Waals surface area contributed by atoms with Crippen molar-refractivity contribution >= 4 is 10.9 Å². The van der Waals surface area contributed by atoms with Gasteiger partial charge in [-0.25, -0.2) is 0 Å². The average molecular weight is 173 g/mol. The number of aliphatic hydroxyl groups excluding tert-OH is 1. The van der Waals surface area contributed by atoms with Crippen LogP contribution in [-0.2, 0) is 6.42 Å². The fourth-order valence-corrected chi connectivity index (χ4v) is 1.42. The van der Waals surface area contributed by atoms with E-state index in [-0.39, 0.29) is 0 Å². The van der Waals surface area contributed by atoms with Crippen molar-refractivity contribution in [2.45, 2.75) is 6.42 Å². The largest absolute Gasteiger partial charge is 0.516 e. The average Bonchev–Trinajstić information content (AvgIpc) is 2.57. The lowest BCUT2D eigenvalue weighted by Gasteiger charge is -1.86. The van der Waals surface area contributed by atoms with Crippen LogP contribution in [0.15, 0.2) is 42.7 Å². The third-order valence-corrected chi connectivity index (χ3v) is 2.03. The minimum absolute atomic E-state index is 0.741. The van der Waals surface area contributed by atoms with Crippen LogP contribution in [0.5, 0.6) is 0 Å².